The molecule has 2 heteroatoms. The van der Waals surface area contributed by atoms with Crippen LogP contribution in [0.15, 0.2) is 30.3 Å². The lowest BCUT2D eigenvalue weighted by molar-refractivity contribution is 0.127. The van der Waals surface area contributed by atoms with Crippen molar-refractivity contribution in [3.8, 4) is 0 Å². The maximum Gasteiger partial charge on any atom is 0.0309 e. The average Bonchev–Trinajstić information content (AvgIpc) is 2.93. The van der Waals surface area contributed by atoms with Crippen molar-refractivity contribution in [1.82, 2.24) is 10.2 Å². The normalized spacial score (nSPS) is 34.7. The van der Waals surface area contributed by atoms with E-state index < -0.39 is 0 Å². The van der Waals surface area contributed by atoms with Gasteiger partial charge in [0.1, 0.15) is 0 Å². The number of hydrogen-bond acceptors (Lipinski definition) is 2. The maximum absolute atomic E-state index is 3.88. The van der Waals surface area contributed by atoms with E-state index in [1.807, 2.05) is 0 Å². The molecule has 0 amide bonds. The van der Waals surface area contributed by atoms with Gasteiger partial charge in [0.2, 0.25) is 0 Å². The highest BCUT2D eigenvalue weighted by molar-refractivity contribution is 5.19. The van der Waals surface area contributed by atoms with Gasteiger partial charge in [0.15, 0.2) is 0 Å². The molecule has 4 atom stereocenters. The molecule has 1 aromatic carbocycles. The van der Waals surface area contributed by atoms with Crippen LogP contribution in [0.25, 0.3) is 0 Å². The first-order valence-corrected chi connectivity index (χ1v) is 7.15. The predicted octanol–water partition coefficient (Wildman–Crippen LogP) is 2.82. The first-order valence-electron chi connectivity index (χ1n) is 7.15. The van der Waals surface area contributed by atoms with E-state index in [1.165, 1.54) is 25.1 Å². The van der Waals surface area contributed by atoms with Crippen molar-refractivity contribution in [3.63, 3.8) is 0 Å². The minimum atomic E-state index is 0.311. The van der Waals surface area contributed by atoms with E-state index in [1.54, 1.807) is 0 Å². The third-order valence-corrected chi connectivity index (χ3v) is 5.00. The molecule has 2 unspecified atom stereocenters. The Kier molecular flexibility index (Phi) is 2.95. The molecule has 1 aromatic rings. The second kappa shape index (κ2) is 4.36. The highest BCUT2D eigenvalue weighted by Crippen LogP contribution is 2.41. The molecule has 2 fully saturated rings. The molecule has 2 nitrogen and oxygen atoms in total. The van der Waals surface area contributed by atoms with E-state index in [9.17, 15) is 0 Å². The van der Waals surface area contributed by atoms with Crippen LogP contribution in [0.3, 0.4) is 0 Å². The van der Waals surface area contributed by atoms with Crippen LogP contribution in [0.1, 0.15) is 38.8 Å². The molecule has 3 rings (SSSR count). The fourth-order valence-corrected chi connectivity index (χ4v) is 3.80. The summed E-state index contributed by atoms with van der Waals surface area (Å²) >= 11 is 0. The summed E-state index contributed by atoms with van der Waals surface area (Å²) in [7, 11) is 0. The molecule has 0 radical (unpaired) electrons. The molecule has 2 saturated heterocycles. The molecule has 0 aromatic heterocycles. The Labute approximate surface area is 110 Å². The smallest absolute Gasteiger partial charge is 0.0309 e. The van der Waals surface area contributed by atoms with Crippen LogP contribution in [0.5, 0.6) is 0 Å². The van der Waals surface area contributed by atoms with E-state index in [0.29, 0.717) is 17.6 Å². The lowest BCUT2D eigenvalue weighted by Crippen LogP contribution is -2.55. The zero-order valence-electron chi connectivity index (χ0n) is 11.7. The van der Waals surface area contributed by atoms with E-state index in [0.717, 1.165) is 5.92 Å². The van der Waals surface area contributed by atoms with Crippen molar-refractivity contribution in [2.24, 2.45) is 5.92 Å². The topological polar surface area (TPSA) is 15.3 Å². The van der Waals surface area contributed by atoms with Crippen LogP contribution in [0.2, 0.25) is 0 Å². The van der Waals surface area contributed by atoms with Crippen LogP contribution >= 0.6 is 0 Å². The van der Waals surface area contributed by atoms with Gasteiger partial charge in [-0.3, -0.25) is 4.90 Å². The number of piperidine rings is 1. The third-order valence-electron chi connectivity index (χ3n) is 5.00. The van der Waals surface area contributed by atoms with E-state index in [4.69, 9.17) is 0 Å². The van der Waals surface area contributed by atoms with Crippen molar-refractivity contribution in [2.75, 3.05) is 13.1 Å². The highest BCUT2D eigenvalue weighted by Gasteiger charge is 2.51. The SMILES string of the molecule is C[C@@H](N[C@@H]1C2CCN(C2)C1(C)C)c1ccccc1. The van der Waals surface area contributed by atoms with E-state index in [-0.39, 0.29) is 0 Å². The van der Waals surface area contributed by atoms with Crippen LogP contribution in [-0.4, -0.2) is 29.6 Å². The van der Waals surface area contributed by atoms with Gasteiger partial charge >= 0.3 is 0 Å². The monoisotopic (exact) mass is 244 g/mol. The summed E-state index contributed by atoms with van der Waals surface area (Å²) in [5, 5.41) is 3.88. The van der Waals surface area contributed by atoms with Crippen molar-refractivity contribution in [1.29, 1.82) is 0 Å². The van der Waals surface area contributed by atoms with Crippen molar-refractivity contribution in [2.45, 2.75) is 44.8 Å². The molecular weight excluding hydrogens is 220 g/mol. The number of nitrogens with one attached hydrogen (secondary N) is 1. The minimum absolute atomic E-state index is 0.311. The number of rotatable bonds is 3. The minimum Gasteiger partial charge on any atom is -0.305 e. The first-order chi connectivity index (χ1) is 8.59. The van der Waals surface area contributed by atoms with Gasteiger partial charge in [0.25, 0.3) is 0 Å². The van der Waals surface area contributed by atoms with E-state index >= 15 is 0 Å². The molecule has 2 bridgehead atoms. The number of benzene rings is 1. The van der Waals surface area contributed by atoms with E-state index in [2.05, 4.69) is 61.3 Å². The van der Waals surface area contributed by atoms with Gasteiger partial charge in [-0.25, -0.2) is 0 Å². The molecule has 0 aliphatic carbocycles. The predicted molar refractivity (Wildman–Crippen MR) is 75.5 cm³/mol. The van der Waals surface area contributed by atoms with Crippen LogP contribution in [-0.2, 0) is 0 Å². The Hall–Kier alpha value is -0.860. The lowest BCUT2D eigenvalue weighted by atomic mass is 9.84. The molecule has 0 saturated carbocycles. The van der Waals surface area contributed by atoms with Crippen LogP contribution in [0.4, 0.5) is 0 Å². The van der Waals surface area contributed by atoms with Gasteiger partial charge in [0, 0.05) is 24.2 Å². The molecule has 1 N–H and O–H groups in total. The largest absolute Gasteiger partial charge is 0.305 e. The van der Waals surface area contributed by atoms with Gasteiger partial charge in [0.05, 0.1) is 0 Å². The standard InChI is InChI=1S/C16H24N2/c1-12(13-7-5-4-6-8-13)17-15-14-9-10-18(11-14)16(15,2)3/h4-8,12,14-15,17H,9-11H2,1-3H3/t12-,14?,15-/m1/s1. The van der Waals surface area contributed by atoms with Crippen molar-refractivity contribution >= 4 is 0 Å². The molecular formula is C16H24N2. The zero-order valence-corrected chi connectivity index (χ0v) is 11.7. The summed E-state index contributed by atoms with van der Waals surface area (Å²) in [6.07, 6.45) is 1.36. The number of nitrogens with zero attached hydrogens (tertiary/aromatic N) is 1. The molecule has 18 heavy (non-hydrogen) atoms. The Balaban J connectivity index is 1.73. The van der Waals surface area contributed by atoms with Gasteiger partial charge in [-0.05, 0) is 45.2 Å². The lowest BCUT2D eigenvalue weighted by Gasteiger charge is -2.41. The van der Waals surface area contributed by atoms with Crippen LogP contribution in [0, 0.1) is 5.92 Å². The molecule has 2 aliphatic heterocycles. The molecule has 0 spiro atoms. The Morgan fingerprint density at radius 3 is 2.61 bits per heavy atom. The second-order valence-electron chi connectivity index (χ2n) is 6.43. The fraction of sp³-hybridized carbons (Fsp3) is 0.625. The molecule has 2 aliphatic rings. The van der Waals surface area contributed by atoms with Gasteiger partial charge in [-0.15, -0.1) is 0 Å². The third kappa shape index (κ3) is 1.88. The summed E-state index contributed by atoms with van der Waals surface area (Å²) in [6.45, 7) is 9.64. The summed E-state index contributed by atoms with van der Waals surface area (Å²) in [5.74, 6) is 0.839. The van der Waals surface area contributed by atoms with Gasteiger partial charge in [-0.1, -0.05) is 30.3 Å². The van der Waals surface area contributed by atoms with Gasteiger partial charge < -0.3 is 5.32 Å². The molecule has 2 heterocycles. The number of fused-ring (bicyclic) bond motifs is 2. The van der Waals surface area contributed by atoms with Crippen molar-refractivity contribution in [3.05, 3.63) is 35.9 Å². The summed E-state index contributed by atoms with van der Waals surface area (Å²) in [6, 6.07) is 11.9. The average molecular weight is 244 g/mol. The Bertz CT molecular complexity index is 412. The van der Waals surface area contributed by atoms with Gasteiger partial charge in [-0.2, -0.15) is 0 Å². The Morgan fingerprint density at radius 2 is 2.00 bits per heavy atom. The molecule has 98 valence electrons. The second-order valence-corrected chi connectivity index (χ2v) is 6.43. The Morgan fingerprint density at radius 1 is 1.28 bits per heavy atom. The highest BCUT2D eigenvalue weighted by atomic mass is 15.3. The fourth-order valence-electron chi connectivity index (χ4n) is 3.80. The maximum atomic E-state index is 3.88. The zero-order chi connectivity index (χ0) is 12.8. The number of hydrogen-bond donors (Lipinski definition) is 1. The summed E-state index contributed by atoms with van der Waals surface area (Å²) in [4.78, 5) is 2.65. The summed E-state index contributed by atoms with van der Waals surface area (Å²) < 4.78 is 0. The quantitative estimate of drug-likeness (QED) is 0.879. The van der Waals surface area contributed by atoms with Crippen molar-refractivity contribution < 1.29 is 0 Å². The summed E-state index contributed by atoms with van der Waals surface area (Å²) in [5.41, 5.74) is 1.71. The van der Waals surface area contributed by atoms with Crippen LogP contribution < -0.4 is 5.32 Å². The first kappa shape index (κ1) is 12.2.